The zero-order chi connectivity index (χ0) is 28.4. The number of hydrogen-bond donors (Lipinski definition) is 4. The van der Waals surface area contributed by atoms with Crippen LogP contribution in [-0.2, 0) is 25.6 Å². The van der Waals surface area contributed by atoms with Crippen LogP contribution >= 0.6 is 0 Å². The van der Waals surface area contributed by atoms with Crippen LogP contribution in [0.2, 0.25) is 0 Å². The van der Waals surface area contributed by atoms with E-state index in [1.807, 2.05) is 6.07 Å². The third-order valence-corrected chi connectivity index (χ3v) is 5.79. The van der Waals surface area contributed by atoms with Crippen LogP contribution in [0.25, 0.3) is 0 Å². The van der Waals surface area contributed by atoms with E-state index in [0.29, 0.717) is 16.7 Å². The summed E-state index contributed by atoms with van der Waals surface area (Å²) in [7, 11) is 0. The van der Waals surface area contributed by atoms with Gasteiger partial charge in [0, 0.05) is 16.8 Å². The number of anilines is 1. The third kappa shape index (κ3) is 8.08. The van der Waals surface area contributed by atoms with Gasteiger partial charge >= 0.3 is 5.97 Å². The average molecular weight is 532 g/mol. The molecule has 0 radical (unpaired) electrons. The van der Waals surface area contributed by atoms with Gasteiger partial charge in [0.1, 0.15) is 18.6 Å². The van der Waals surface area contributed by atoms with Crippen LogP contribution < -0.4 is 15.5 Å². The third-order valence-electron chi connectivity index (χ3n) is 5.79. The molecule has 3 aromatic carbocycles. The Morgan fingerprint density at radius 2 is 1.44 bits per heavy atom. The van der Waals surface area contributed by atoms with Crippen LogP contribution in [0.4, 0.5) is 5.69 Å². The van der Waals surface area contributed by atoms with E-state index in [1.54, 1.807) is 66.7 Å². The number of aliphatic hydroxyl groups is 1. The lowest BCUT2D eigenvalue weighted by Crippen LogP contribution is -2.55. The molecule has 0 aliphatic carbocycles. The molecule has 0 bridgehead atoms. The zero-order valence-corrected chi connectivity index (χ0v) is 21.2. The molecule has 10 nitrogen and oxygen atoms in total. The van der Waals surface area contributed by atoms with Gasteiger partial charge in [0.05, 0.1) is 13.0 Å². The molecule has 3 aromatic rings. The van der Waals surface area contributed by atoms with Gasteiger partial charge in [-0.25, -0.2) is 0 Å². The van der Waals surface area contributed by atoms with E-state index in [1.165, 1.54) is 19.1 Å². The van der Waals surface area contributed by atoms with Crippen LogP contribution in [0.15, 0.2) is 84.9 Å². The molecular weight excluding hydrogens is 502 g/mol. The van der Waals surface area contributed by atoms with E-state index >= 15 is 0 Å². The summed E-state index contributed by atoms with van der Waals surface area (Å²) in [6.45, 7) is -0.0442. The summed E-state index contributed by atoms with van der Waals surface area (Å²) in [5, 5.41) is 23.9. The van der Waals surface area contributed by atoms with Crippen molar-refractivity contribution in [2.24, 2.45) is 0 Å². The summed E-state index contributed by atoms with van der Waals surface area (Å²) in [5.74, 6) is -3.52. The summed E-state index contributed by atoms with van der Waals surface area (Å²) in [6, 6.07) is 20.8. The van der Waals surface area contributed by atoms with Crippen molar-refractivity contribution in [3.63, 3.8) is 0 Å². The van der Waals surface area contributed by atoms with Crippen molar-refractivity contribution in [1.29, 1.82) is 0 Å². The van der Waals surface area contributed by atoms with Gasteiger partial charge in [-0.05, 0) is 30.7 Å². The minimum absolute atomic E-state index is 0.101. The minimum Gasteiger partial charge on any atom is -0.480 e. The second-order valence-electron chi connectivity index (χ2n) is 8.76. The van der Waals surface area contributed by atoms with Crippen molar-refractivity contribution in [3.05, 3.63) is 102 Å². The van der Waals surface area contributed by atoms with Crippen molar-refractivity contribution < 1.29 is 34.2 Å². The predicted octanol–water partition coefficient (Wildman–Crippen LogP) is 1.56. The van der Waals surface area contributed by atoms with E-state index in [4.69, 9.17) is 0 Å². The molecule has 202 valence electrons. The van der Waals surface area contributed by atoms with Crippen molar-refractivity contribution >= 4 is 35.2 Å². The van der Waals surface area contributed by atoms with Crippen molar-refractivity contribution in [3.8, 4) is 0 Å². The first-order valence-corrected chi connectivity index (χ1v) is 12.2. The SMILES string of the molecule is CC(NC(=O)Cc1cccc(C(=O)c2ccccc2)c1)C(=O)N[C@@H](CO)C(=O)N(CC(=O)O)c1ccccc1. The number of carbonyl (C=O) groups is 5. The first-order chi connectivity index (χ1) is 18.7. The Kier molecular flexibility index (Phi) is 10.0. The molecule has 1 unspecified atom stereocenters. The van der Waals surface area contributed by atoms with Gasteiger partial charge in [-0.2, -0.15) is 0 Å². The van der Waals surface area contributed by atoms with E-state index in [2.05, 4.69) is 10.6 Å². The van der Waals surface area contributed by atoms with Crippen LogP contribution in [0.5, 0.6) is 0 Å². The van der Waals surface area contributed by atoms with Crippen LogP contribution in [-0.4, -0.2) is 64.9 Å². The van der Waals surface area contributed by atoms with Gasteiger partial charge in [-0.3, -0.25) is 28.9 Å². The number of carbonyl (C=O) groups excluding carboxylic acids is 4. The van der Waals surface area contributed by atoms with Gasteiger partial charge in [-0.15, -0.1) is 0 Å². The highest BCUT2D eigenvalue weighted by Gasteiger charge is 2.29. The number of nitrogens with one attached hydrogen (secondary N) is 2. The number of para-hydroxylation sites is 1. The van der Waals surface area contributed by atoms with Gasteiger partial charge in [0.25, 0.3) is 5.91 Å². The number of ketones is 1. The second kappa shape index (κ2) is 13.6. The molecule has 0 aromatic heterocycles. The first kappa shape index (κ1) is 28.7. The number of nitrogens with zero attached hydrogens (tertiary/aromatic N) is 1. The lowest BCUT2D eigenvalue weighted by atomic mass is 10.0. The summed E-state index contributed by atoms with van der Waals surface area (Å²) in [4.78, 5) is 63.3. The quantitative estimate of drug-likeness (QED) is 0.259. The molecule has 2 atom stereocenters. The smallest absolute Gasteiger partial charge is 0.323 e. The number of amides is 3. The minimum atomic E-state index is -1.43. The molecule has 0 saturated carbocycles. The Morgan fingerprint density at radius 3 is 2.05 bits per heavy atom. The molecular formula is C29H29N3O7. The zero-order valence-electron chi connectivity index (χ0n) is 21.2. The Bertz CT molecular complexity index is 1330. The Morgan fingerprint density at radius 1 is 0.821 bits per heavy atom. The molecule has 0 fully saturated rings. The standard InChI is InChI=1S/C29H29N3O7/c1-19(28(38)31-24(18-33)29(39)32(17-26(35)36)23-13-6-3-7-14-23)30-25(34)16-20-9-8-12-22(15-20)27(37)21-10-4-2-5-11-21/h2-15,19,24,33H,16-18H2,1H3,(H,30,34)(H,31,38)(H,35,36)/t19?,24-/m0/s1. The van der Waals surface area contributed by atoms with E-state index in [9.17, 15) is 34.2 Å². The number of carboxylic acid groups (broad SMARTS) is 1. The Hall–Kier alpha value is -4.83. The molecule has 3 rings (SSSR count). The molecule has 0 spiro atoms. The van der Waals surface area contributed by atoms with Gasteiger partial charge < -0.3 is 20.8 Å². The Balaban J connectivity index is 1.61. The lowest BCUT2D eigenvalue weighted by Gasteiger charge is -2.26. The van der Waals surface area contributed by atoms with Gasteiger partial charge in [0.15, 0.2) is 5.78 Å². The Labute approximate surface area is 225 Å². The topological polar surface area (TPSA) is 153 Å². The summed E-state index contributed by atoms with van der Waals surface area (Å²) in [5.41, 5.74) is 1.79. The fourth-order valence-corrected chi connectivity index (χ4v) is 3.83. The van der Waals surface area contributed by atoms with E-state index < -0.39 is 48.9 Å². The predicted molar refractivity (Wildman–Crippen MR) is 143 cm³/mol. The average Bonchev–Trinajstić information content (AvgIpc) is 2.94. The van der Waals surface area contributed by atoms with Crippen molar-refractivity contribution in [2.45, 2.75) is 25.4 Å². The summed E-state index contributed by atoms with van der Waals surface area (Å²) in [6.07, 6.45) is -0.101. The summed E-state index contributed by atoms with van der Waals surface area (Å²) < 4.78 is 0. The maximum absolute atomic E-state index is 13.0. The molecule has 0 aliphatic rings. The fourth-order valence-electron chi connectivity index (χ4n) is 3.83. The van der Waals surface area contributed by atoms with E-state index in [-0.39, 0.29) is 17.9 Å². The van der Waals surface area contributed by atoms with Crippen LogP contribution in [0, 0.1) is 0 Å². The highest BCUT2D eigenvalue weighted by atomic mass is 16.4. The van der Waals surface area contributed by atoms with Crippen LogP contribution in [0.3, 0.4) is 0 Å². The summed E-state index contributed by atoms with van der Waals surface area (Å²) >= 11 is 0. The highest BCUT2D eigenvalue weighted by Crippen LogP contribution is 2.15. The second-order valence-corrected chi connectivity index (χ2v) is 8.76. The number of hydrogen-bond acceptors (Lipinski definition) is 6. The molecule has 0 saturated heterocycles. The molecule has 0 aliphatic heterocycles. The molecule has 0 heterocycles. The number of aliphatic carboxylic acids is 1. The van der Waals surface area contributed by atoms with Gasteiger partial charge in [0.2, 0.25) is 11.8 Å². The van der Waals surface area contributed by atoms with Crippen LogP contribution in [0.1, 0.15) is 28.4 Å². The maximum atomic E-state index is 13.0. The van der Waals surface area contributed by atoms with Crippen molar-refractivity contribution in [1.82, 2.24) is 10.6 Å². The molecule has 10 heteroatoms. The number of carboxylic acids is 1. The molecule has 39 heavy (non-hydrogen) atoms. The normalized spacial score (nSPS) is 12.1. The number of benzene rings is 3. The maximum Gasteiger partial charge on any atom is 0.323 e. The molecule has 4 N–H and O–H groups in total. The van der Waals surface area contributed by atoms with Gasteiger partial charge in [-0.1, -0.05) is 66.7 Å². The number of aliphatic hydroxyl groups excluding tert-OH is 1. The van der Waals surface area contributed by atoms with E-state index in [0.717, 1.165) is 4.90 Å². The fraction of sp³-hybridized carbons (Fsp3) is 0.207. The number of rotatable bonds is 12. The molecule has 3 amide bonds. The highest BCUT2D eigenvalue weighted by molar-refractivity contribution is 6.09. The van der Waals surface area contributed by atoms with Crippen molar-refractivity contribution in [2.75, 3.05) is 18.1 Å². The monoisotopic (exact) mass is 531 g/mol. The lowest BCUT2D eigenvalue weighted by molar-refractivity contribution is -0.137. The largest absolute Gasteiger partial charge is 0.480 e. The first-order valence-electron chi connectivity index (χ1n) is 12.2.